The molecule has 0 spiro atoms. The number of benzene rings is 10. The van der Waals surface area contributed by atoms with Gasteiger partial charge < -0.3 is 9.13 Å². The quantitative estimate of drug-likeness (QED) is 0.140. The lowest BCUT2D eigenvalue weighted by atomic mass is 9.78. The molecule has 0 aliphatic rings. The van der Waals surface area contributed by atoms with Gasteiger partial charge in [0.05, 0.1) is 72.9 Å². The van der Waals surface area contributed by atoms with Gasteiger partial charge in [-0.05, 0) is 141 Å². The number of hydrogen-bond acceptors (Lipinski definition) is 6. The van der Waals surface area contributed by atoms with Crippen molar-refractivity contribution in [3.8, 4) is 92.3 Å². The molecule has 0 bridgehead atoms. The number of aromatic nitrogens is 2. The molecule has 0 fully saturated rings. The third-order valence-corrected chi connectivity index (χ3v) is 16.9. The first-order chi connectivity index (χ1) is 40.6. The van der Waals surface area contributed by atoms with Crippen molar-refractivity contribution in [1.82, 2.24) is 9.13 Å². The highest BCUT2D eigenvalue weighted by Crippen LogP contribution is 2.47. The van der Waals surface area contributed by atoms with Crippen LogP contribution in [-0.4, -0.2) is 9.13 Å². The maximum Gasteiger partial charge on any atom is 0.102 e. The second-order valence-corrected chi connectivity index (χ2v) is 23.3. The van der Waals surface area contributed by atoms with Crippen LogP contribution in [0.5, 0.6) is 0 Å². The van der Waals surface area contributed by atoms with E-state index in [1.807, 2.05) is 83.4 Å². The highest BCUT2D eigenvalue weighted by atomic mass is 15.0. The Morgan fingerprint density at radius 2 is 0.702 bits per heavy atom. The van der Waals surface area contributed by atoms with Gasteiger partial charge in [-0.15, -0.1) is 0 Å². The molecular weight excluding hydrogens is 1020 g/mol. The Balaban J connectivity index is 1.02. The topological polar surface area (TPSA) is 153 Å². The third-order valence-electron chi connectivity index (χ3n) is 16.9. The van der Waals surface area contributed by atoms with Gasteiger partial charge >= 0.3 is 0 Å². The number of fused-ring (bicyclic) bond motifs is 6. The molecule has 2 aromatic heterocycles. The molecule has 0 unspecified atom stereocenters. The van der Waals surface area contributed by atoms with E-state index in [0.29, 0.717) is 67.9 Å². The van der Waals surface area contributed by atoms with E-state index >= 15 is 0 Å². The molecule has 0 saturated heterocycles. The molecule has 8 heteroatoms. The number of nitriles is 6. The summed E-state index contributed by atoms with van der Waals surface area (Å²) in [7, 11) is 0. The zero-order valence-corrected chi connectivity index (χ0v) is 47.7. The van der Waals surface area contributed by atoms with Gasteiger partial charge in [-0.3, -0.25) is 0 Å². The monoisotopic (exact) mass is 1080 g/mol. The molecule has 8 nitrogen and oxygen atoms in total. The predicted molar refractivity (Wildman–Crippen MR) is 337 cm³/mol. The van der Waals surface area contributed by atoms with Crippen molar-refractivity contribution < 1.29 is 0 Å². The highest BCUT2D eigenvalue weighted by molar-refractivity contribution is 6.13. The zero-order valence-electron chi connectivity index (χ0n) is 47.7. The van der Waals surface area contributed by atoms with E-state index in [-0.39, 0.29) is 27.5 Å². The zero-order chi connectivity index (χ0) is 58.8. The molecule has 2 heterocycles. The second-order valence-electron chi connectivity index (χ2n) is 23.3. The normalized spacial score (nSPS) is 11.5. The van der Waals surface area contributed by atoms with Gasteiger partial charge in [0.25, 0.3) is 0 Å². The van der Waals surface area contributed by atoms with Gasteiger partial charge in [0.2, 0.25) is 0 Å². The summed E-state index contributed by atoms with van der Waals surface area (Å²) in [5, 5.41) is 69.3. The standard InChI is InChI=1S/C76H54N8/c1-46-61(40-77)47(2)63(42-79)73(62(46)41-78)83-69-32-28-55(75(3,4)5)37-59(69)60-38-56(29-33-70(60)83)76(6,7)39-48-18-17-25-52(34-48)54-27-31-68-58(36-54)57-35-53(49-19-11-8-12-20-49)26-30-67(57)84(68)74-65(44-81)71(50-21-13-9-14-22-50)64(43-80)72(66(74)45-82)51-23-15-10-16-24-51/h8-38H,39H2,1-7H3. The summed E-state index contributed by atoms with van der Waals surface area (Å²) in [5.74, 6) is 0. The van der Waals surface area contributed by atoms with Gasteiger partial charge in [-0.25, -0.2) is 0 Å². The molecule has 0 radical (unpaired) electrons. The van der Waals surface area contributed by atoms with Crippen LogP contribution in [0.3, 0.4) is 0 Å². The maximum absolute atomic E-state index is 11.4. The van der Waals surface area contributed by atoms with E-state index in [4.69, 9.17) is 0 Å². The first-order valence-corrected chi connectivity index (χ1v) is 27.9. The smallest absolute Gasteiger partial charge is 0.102 e. The molecule has 0 atom stereocenters. The largest absolute Gasteiger partial charge is 0.307 e. The van der Waals surface area contributed by atoms with Crippen molar-refractivity contribution in [2.24, 2.45) is 0 Å². The molecule has 0 aliphatic carbocycles. The van der Waals surface area contributed by atoms with Crippen LogP contribution in [-0.2, 0) is 17.3 Å². The second kappa shape index (κ2) is 20.7. The SMILES string of the molecule is Cc1c(C#N)c(C)c(C#N)c(-n2c3ccc(C(C)(C)C)cc3c3cc(C(C)(C)Cc4cccc(-c5ccc6c(c5)c5cc(-c7ccccc7)ccc5n6-c5c(C#N)c(-c6ccccc6)c(C#N)c(-c6ccccc6)c5C#N)c4)ccc32)c1C#N. The summed E-state index contributed by atoms with van der Waals surface area (Å²) >= 11 is 0. The summed E-state index contributed by atoms with van der Waals surface area (Å²) in [5.41, 5.74) is 16.4. The lowest BCUT2D eigenvalue weighted by Gasteiger charge is -2.26. The van der Waals surface area contributed by atoms with Crippen LogP contribution in [0.15, 0.2) is 188 Å². The Kier molecular flexibility index (Phi) is 13.1. The Labute approximate surface area is 489 Å². The summed E-state index contributed by atoms with van der Waals surface area (Å²) < 4.78 is 4.10. The molecule has 84 heavy (non-hydrogen) atoms. The fraction of sp³-hybridized carbons (Fsp3) is 0.132. The minimum atomic E-state index is -0.374. The lowest BCUT2D eigenvalue weighted by molar-refractivity contribution is 0.523. The van der Waals surface area contributed by atoms with Gasteiger partial charge in [-0.2, -0.15) is 31.6 Å². The van der Waals surface area contributed by atoms with Gasteiger partial charge in [0.15, 0.2) is 0 Å². The predicted octanol–water partition coefficient (Wildman–Crippen LogP) is 18.2. The van der Waals surface area contributed by atoms with E-state index < -0.39 is 0 Å². The highest BCUT2D eigenvalue weighted by Gasteiger charge is 2.31. The Bertz CT molecular complexity index is 4890. The first-order valence-electron chi connectivity index (χ1n) is 27.9. The van der Waals surface area contributed by atoms with Crippen LogP contribution in [0, 0.1) is 81.8 Å². The van der Waals surface area contributed by atoms with Crippen molar-refractivity contribution in [3.05, 3.63) is 249 Å². The molecule has 0 aliphatic heterocycles. The third kappa shape index (κ3) is 8.62. The lowest BCUT2D eigenvalue weighted by Crippen LogP contribution is -2.20. The summed E-state index contributed by atoms with van der Waals surface area (Å²) in [6.45, 7) is 14.7. The van der Waals surface area contributed by atoms with Gasteiger partial charge in [0, 0.05) is 32.7 Å². The Morgan fingerprint density at radius 3 is 1.15 bits per heavy atom. The molecule has 398 valence electrons. The summed E-state index contributed by atoms with van der Waals surface area (Å²) in [6, 6.07) is 78.2. The van der Waals surface area contributed by atoms with Crippen molar-refractivity contribution in [3.63, 3.8) is 0 Å². The fourth-order valence-electron chi connectivity index (χ4n) is 12.6. The maximum atomic E-state index is 11.4. The summed E-state index contributed by atoms with van der Waals surface area (Å²) in [4.78, 5) is 0. The summed E-state index contributed by atoms with van der Waals surface area (Å²) in [6.07, 6.45) is 0.700. The minimum absolute atomic E-state index is 0.152. The van der Waals surface area contributed by atoms with Gasteiger partial charge in [0.1, 0.15) is 30.3 Å². The molecule has 10 aromatic carbocycles. The molecule has 0 N–H and O–H groups in total. The molecule has 12 aromatic rings. The van der Waals surface area contributed by atoms with Crippen LogP contribution in [0.1, 0.15) is 95.8 Å². The van der Waals surface area contributed by atoms with Crippen LogP contribution in [0.4, 0.5) is 0 Å². The molecule has 0 amide bonds. The van der Waals surface area contributed by atoms with Crippen LogP contribution in [0.25, 0.3) is 99.5 Å². The van der Waals surface area contributed by atoms with Crippen molar-refractivity contribution in [1.29, 1.82) is 31.6 Å². The average Bonchev–Trinajstić information content (AvgIpc) is 3.90. The Hall–Kier alpha value is -11.3. The van der Waals surface area contributed by atoms with E-state index in [0.717, 1.165) is 82.6 Å². The molecule has 0 saturated carbocycles. The van der Waals surface area contributed by atoms with Crippen LogP contribution >= 0.6 is 0 Å². The number of hydrogen-bond donors (Lipinski definition) is 0. The van der Waals surface area contributed by atoms with E-state index in [1.165, 1.54) is 0 Å². The average molecular weight is 1080 g/mol. The molecular formula is C76H54N8. The van der Waals surface area contributed by atoms with Crippen molar-refractivity contribution in [2.75, 3.05) is 0 Å². The number of rotatable bonds is 9. The molecule has 12 rings (SSSR count). The van der Waals surface area contributed by atoms with E-state index in [1.54, 1.807) is 13.8 Å². The van der Waals surface area contributed by atoms with Crippen molar-refractivity contribution in [2.45, 2.75) is 65.7 Å². The number of nitrogens with zero attached hydrogens (tertiary/aromatic N) is 8. The fourth-order valence-corrected chi connectivity index (χ4v) is 12.6. The van der Waals surface area contributed by atoms with E-state index in [2.05, 4.69) is 185 Å². The van der Waals surface area contributed by atoms with Crippen molar-refractivity contribution >= 4 is 43.6 Å². The van der Waals surface area contributed by atoms with Gasteiger partial charge in [-0.1, -0.05) is 174 Å². The van der Waals surface area contributed by atoms with Crippen LogP contribution < -0.4 is 0 Å². The van der Waals surface area contributed by atoms with E-state index in [9.17, 15) is 31.6 Å². The Morgan fingerprint density at radius 1 is 0.333 bits per heavy atom. The van der Waals surface area contributed by atoms with Crippen LogP contribution in [0.2, 0.25) is 0 Å². The first kappa shape index (κ1) is 53.4. The minimum Gasteiger partial charge on any atom is -0.307 e.